The summed E-state index contributed by atoms with van der Waals surface area (Å²) in [6.07, 6.45) is -3.11. The summed E-state index contributed by atoms with van der Waals surface area (Å²) >= 11 is 0. The van der Waals surface area contributed by atoms with Crippen molar-refractivity contribution in [3.05, 3.63) is 41.5 Å². The number of hydrogen-bond acceptors (Lipinski definition) is 3. The topological polar surface area (TPSA) is 70.1 Å². The van der Waals surface area contributed by atoms with Crippen LogP contribution in [0.4, 0.5) is 28.4 Å². The third-order valence-corrected chi connectivity index (χ3v) is 9.10. The number of alkyl halides is 3. The molecular formula is C26H31F3N2O4. The molecule has 1 heterocycles. The number of carbonyl (C=O) groups is 2. The molecule has 190 valence electrons. The lowest BCUT2D eigenvalue weighted by molar-refractivity contribution is -0.199. The van der Waals surface area contributed by atoms with Gasteiger partial charge in [-0.25, -0.2) is 9.59 Å². The SMILES string of the molecule is COC(=O)N(CC1=CC[C@H]2C[C@@H]1C2(C)C)C1CC(C2CC2)(C(F)(F)F)N(C(=O)O)c2ccccc21. The molecule has 4 aliphatic carbocycles. The predicted octanol–water partition coefficient (Wildman–Crippen LogP) is 6.39. The highest BCUT2D eigenvalue weighted by atomic mass is 19.4. The van der Waals surface area contributed by atoms with Gasteiger partial charge < -0.3 is 9.84 Å². The Balaban J connectivity index is 1.62. The second-order valence-electron chi connectivity index (χ2n) is 11.0. The Morgan fingerprint density at radius 1 is 1.20 bits per heavy atom. The molecule has 1 aromatic carbocycles. The van der Waals surface area contributed by atoms with Gasteiger partial charge >= 0.3 is 18.4 Å². The van der Waals surface area contributed by atoms with Gasteiger partial charge in [0.2, 0.25) is 0 Å². The lowest BCUT2D eigenvalue weighted by Crippen LogP contribution is -2.66. The number of para-hydroxylation sites is 1. The molecule has 1 N–H and O–H groups in total. The summed E-state index contributed by atoms with van der Waals surface area (Å²) in [5.41, 5.74) is -1.10. The average molecular weight is 493 g/mol. The van der Waals surface area contributed by atoms with Gasteiger partial charge in [0.1, 0.15) is 0 Å². The third-order valence-electron chi connectivity index (χ3n) is 9.10. The Bertz CT molecular complexity index is 1080. The predicted molar refractivity (Wildman–Crippen MR) is 123 cm³/mol. The summed E-state index contributed by atoms with van der Waals surface area (Å²) in [6.45, 7) is 4.56. The van der Waals surface area contributed by atoms with Gasteiger partial charge in [0.05, 0.1) is 18.8 Å². The van der Waals surface area contributed by atoms with Crippen molar-refractivity contribution in [3.63, 3.8) is 0 Å². The van der Waals surface area contributed by atoms with Crippen LogP contribution in [0, 0.1) is 23.2 Å². The molecule has 2 amide bonds. The van der Waals surface area contributed by atoms with Crippen LogP contribution in [-0.2, 0) is 4.74 Å². The number of allylic oxidation sites excluding steroid dienone is 1. The monoisotopic (exact) mass is 492 g/mol. The zero-order chi connectivity index (χ0) is 25.3. The van der Waals surface area contributed by atoms with E-state index in [4.69, 9.17) is 4.74 Å². The van der Waals surface area contributed by atoms with Crippen LogP contribution in [0.25, 0.3) is 0 Å². The van der Waals surface area contributed by atoms with Gasteiger partial charge in [-0.15, -0.1) is 0 Å². The van der Waals surface area contributed by atoms with Crippen molar-refractivity contribution < 1.29 is 32.6 Å². The van der Waals surface area contributed by atoms with Crippen LogP contribution < -0.4 is 4.90 Å². The number of benzene rings is 1. The molecule has 9 heteroatoms. The van der Waals surface area contributed by atoms with Gasteiger partial charge in [0.25, 0.3) is 0 Å². The summed E-state index contributed by atoms with van der Waals surface area (Å²) in [5.74, 6) is -0.0113. The van der Waals surface area contributed by atoms with Crippen molar-refractivity contribution in [1.29, 1.82) is 0 Å². The van der Waals surface area contributed by atoms with Gasteiger partial charge in [-0.05, 0) is 60.5 Å². The fourth-order valence-corrected chi connectivity index (χ4v) is 6.89. The van der Waals surface area contributed by atoms with Crippen LogP contribution in [-0.4, -0.2) is 47.6 Å². The molecule has 5 aliphatic rings. The van der Waals surface area contributed by atoms with E-state index in [2.05, 4.69) is 19.9 Å². The lowest BCUT2D eigenvalue weighted by atomic mass is 9.49. The smallest absolute Gasteiger partial charge is 0.412 e. The maximum atomic E-state index is 14.9. The van der Waals surface area contributed by atoms with E-state index in [1.807, 2.05) is 0 Å². The van der Waals surface area contributed by atoms with E-state index in [-0.39, 0.29) is 23.6 Å². The van der Waals surface area contributed by atoms with E-state index in [9.17, 15) is 27.9 Å². The zero-order valence-electron chi connectivity index (χ0n) is 20.1. The summed E-state index contributed by atoms with van der Waals surface area (Å²) in [5, 5.41) is 10.0. The molecule has 1 aromatic rings. The first-order chi connectivity index (χ1) is 16.4. The molecule has 6 nitrogen and oxygen atoms in total. The van der Waals surface area contributed by atoms with E-state index in [0.29, 0.717) is 29.2 Å². The van der Waals surface area contributed by atoms with Crippen LogP contribution >= 0.6 is 0 Å². The quantitative estimate of drug-likeness (QED) is 0.495. The molecule has 2 saturated carbocycles. The molecule has 4 atom stereocenters. The normalized spacial score (nSPS) is 31.1. The second kappa shape index (κ2) is 7.90. The molecule has 0 spiro atoms. The first-order valence-corrected chi connectivity index (χ1v) is 12.2. The van der Waals surface area contributed by atoms with Crippen LogP contribution in [0.1, 0.15) is 57.6 Å². The molecule has 0 aromatic heterocycles. The number of rotatable bonds is 4. The van der Waals surface area contributed by atoms with E-state index in [1.165, 1.54) is 24.1 Å². The summed E-state index contributed by atoms with van der Waals surface area (Å²) in [6, 6.07) is 5.26. The Hall–Kier alpha value is -2.71. The van der Waals surface area contributed by atoms with E-state index >= 15 is 0 Å². The number of fused-ring (bicyclic) bond motifs is 2. The van der Waals surface area contributed by atoms with Gasteiger partial charge in [0.15, 0.2) is 5.54 Å². The van der Waals surface area contributed by atoms with Gasteiger partial charge in [-0.1, -0.05) is 43.7 Å². The number of carbonyl (C=O) groups excluding carboxylic acids is 1. The zero-order valence-corrected chi connectivity index (χ0v) is 20.1. The molecule has 2 unspecified atom stereocenters. The van der Waals surface area contributed by atoms with Crippen molar-refractivity contribution in [3.8, 4) is 0 Å². The van der Waals surface area contributed by atoms with E-state index in [0.717, 1.165) is 18.4 Å². The maximum absolute atomic E-state index is 14.9. The molecule has 0 radical (unpaired) electrons. The van der Waals surface area contributed by atoms with Crippen LogP contribution in [0.5, 0.6) is 0 Å². The Morgan fingerprint density at radius 2 is 1.89 bits per heavy atom. The standard InChI is InChI=1S/C26H31F3N2O4/c1-24(2)17-9-8-15(19(24)12-17)14-30(23(34)35-3)21-13-25(16-10-11-16,26(27,28)29)31(22(32)33)20-7-5-4-6-18(20)21/h4-8,16-17,19,21H,9-14H2,1-3H3,(H,32,33)/t17-,19-,21?,25?/m0/s1. The molecule has 1 aliphatic heterocycles. The number of amides is 2. The Kier molecular flexibility index (Phi) is 5.42. The summed E-state index contributed by atoms with van der Waals surface area (Å²) < 4.78 is 49.7. The van der Waals surface area contributed by atoms with Crippen molar-refractivity contribution >= 4 is 17.9 Å². The van der Waals surface area contributed by atoms with Crippen molar-refractivity contribution in [2.24, 2.45) is 23.2 Å². The number of carboxylic acid groups (broad SMARTS) is 1. The lowest BCUT2D eigenvalue weighted by Gasteiger charge is -2.57. The Labute approximate surface area is 202 Å². The molecular weight excluding hydrogens is 461 g/mol. The molecule has 35 heavy (non-hydrogen) atoms. The minimum Gasteiger partial charge on any atom is -0.465 e. The van der Waals surface area contributed by atoms with Gasteiger partial charge in [-0.2, -0.15) is 13.2 Å². The second-order valence-corrected chi connectivity index (χ2v) is 11.0. The number of nitrogens with zero attached hydrogens (tertiary/aromatic N) is 2. The highest BCUT2D eigenvalue weighted by molar-refractivity contribution is 5.91. The Morgan fingerprint density at radius 3 is 2.43 bits per heavy atom. The number of ether oxygens (including phenoxy) is 1. The van der Waals surface area contributed by atoms with Gasteiger partial charge in [0, 0.05) is 13.0 Å². The fraction of sp³-hybridized carbons (Fsp3) is 0.615. The van der Waals surface area contributed by atoms with Crippen LogP contribution in [0.2, 0.25) is 0 Å². The molecule has 0 saturated heterocycles. The number of halogens is 3. The molecule has 2 bridgehead atoms. The third kappa shape index (κ3) is 3.44. The molecule has 2 fully saturated rings. The first kappa shape index (κ1) is 24.0. The van der Waals surface area contributed by atoms with Crippen molar-refractivity contribution in [2.75, 3.05) is 18.6 Å². The first-order valence-electron chi connectivity index (χ1n) is 12.2. The minimum atomic E-state index is -4.81. The van der Waals surface area contributed by atoms with Crippen molar-refractivity contribution in [1.82, 2.24) is 4.90 Å². The number of hydrogen-bond donors (Lipinski definition) is 1. The largest absolute Gasteiger partial charge is 0.465 e. The summed E-state index contributed by atoms with van der Waals surface area (Å²) in [7, 11) is 1.23. The maximum Gasteiger partial charge on any atom is 0.412 e. The average Bonchev–Trinajstić information content (AvgIpc) is 3.66. The summed E-state index contributed by atoms with van der Waals surface area (Å²) in [4.78, 5) is 27.3. The highest BCUT2D eigenvalue weighted by Gasteiger charge is 2.70. The minimum absolute atomic E-state index is 0.0176. The van der Waals surface area contributed by atoms with Gasteiger partial charge in [-0.3, -0.25) is 9.80 Å². The van der Waals surface area contributed by atoms with Crippen LogP contribution in [0.3, 0.4) is 0 Å². The van der Waals surface area contributed by atoms with Crippen LogP contribution in [0.15, 0.2) is 35.9 Å². The molecule has 6 rings (SSSR count). The number of methoxy groups -OCH3 is 1. The number of anilines is 1. The highest BCUT2D eigenvalue weighted by Crippen LogP contribution is 2.62. The van der Waals surface area contributed by atoms with Crippen molar-refractivity contribution in [2.45, 2.75) is 63.7 Å². The fourth-order valence-electron chi connectivity index (χ4n) is 6.89. The van der Waals surface area contributed by atoms with E-state index in [1.54, 1.807) is 12.1 Å². The van der Waals surface area contributed by atoms with E-state index < -0.39 is 42.3 Å².